The molecule has 0 bridgehead atoms. The van der Waals surface area contributed by atoms with Crippen molar-refractivity contribution in [3.8, 4) is 0 Å². The average Bonchev–Trinajstić information content (AvgIpc) is 2.74. The molecule has 2 rings (SSSR count). The van der Waals surface area contributed by atoms with Gasteiger partial charge in [0, 0.05) is 8.95 Å². The van der Waals surface area contributed by atoms with Gasteiger partial charge in [0.05, 0.1) is 6.10 Å². The van der Waals surface area contributed by atoms with Gasteiger partial charge in [0.2, 0.25) is 0 Å². The summed E-state index contributed by atoms with van der Waals surface area (Å²) in [6.45, 7) is 0. The average molecular weight is 334 g/mol. The van der Waals surface area contributed by atoms with E-state index in [2.05, 4.69) is 31.9 Å². The highest BCUT2D eigenvalue weighted by atomic mass is 79.9. The summed E-state index contributed by atoms with van der Waals surface area (Å²) in [5.74, 6) is 0.457. The van der Waals surface area contributed by atoms with Crippen LogP contribution in [0.15, 0.2) is 27.1 Å². The predicted octanol–water partition coefficient (Wildman–Crippen LogP) is 4.44. The largest absolute Gasteiger partial charge is 0.388 e. The summed E-state index contributed by atoms with van der Waals surface area (Å²) < 4.78 is 2.04. The highest BCUT2D eigenvalue weighted by Gasteiger charge is 2.24. The molecule has 1 atom stereocenters. The van der Waals surface area contributed by atoms with Gasteiger partial charge < -0.3 is 5.11 Å². The molecule has 0 radical (unpaired) electrons. The molecule has 1 aliphatic carbocycles. The summed E-state index contributed by atoms with van der Waals surface area (Å²) in [6.07, 6.45) is 4.56. The maximum atomic E-state index is 10.2. The van der Waals surface area contributed by atoms with E-state index >= 15 is 0 Å². The maximum Gasteiger partial charge on any atom is 0.0818 e. The number of halogens is 2. The summed E-state index contributed by atoms with van der Waals surface area (Å²) in [6, 6.07) is 5.99. The van der Waals surface area contributed by atoms with Gasteiger partial charge in [-0.15, -0.1) is 0 Å². The van der Waals surface area contributed by atoms with Crippen molar-refractivity contribution in [2.24, 2.45) is 5.92 Å². The molecule has 1 N–H and O–H groups in total. The molecular weight excluding hydrogens is 320 g/mol. The molecule has 1 aromatic rings. The lowest BCUT2D eigenvalue weighted by Crippen LogP contribution is -2.08. The second-order valence-electron chi connectivity index (χ2n) is 4.16. The Morgan fingerprint density at radius 1 is 1.13 bits per heavy atom. The van der Waals surface area contributed by atoms with E-state index in [1.807, 2.05) is 18.2 Å². The van der Waals surface area contributed by atoms with Gasteiger partial charge >= 0.3 is 0 Å². The fourth-order valence-electron chi connectivity index (χ4n) is 2.24. The van der Waals surface area contributed by atoms with Crippen LogP contribution in [0.25, 0.3) is 0 Å². The Bertz CT molecular complexity index is 345. The Kier molecular flexibility index (Phi) is 3.86. The van der Waals surface area contributed by atoms with E-state index in [-0.39, 0.29) is 6.10 Å². The fourth-order valence-corrected chi connectivity index (χ4v) is 2.88. The monoisotopic (exact) mass is 332 g/mol. The van der Waals surface area contributed by atoms with E-state index in [1.165, 1.54) is 12.8 Å². The van der Waals surface area contributed by atoms with Crippen LogP contribution in [0.2, 0.25) is 0 Å². The zero-order valence-electron chi connectivity index (χ0n) is 8.42. The molecule has 0 spiro atoms. The highest BCUT2D eigenvalue weighted by molar-refractivity contribution is 9.13. The van der Waals surface area contributed by atoms with Crippen molar-refractivity contribution in [3.63, 3.8) is 0 Å². The second kappa shape index (κ2) is 4.98. The van der Waals surface area contributed by atoms with Gasteiger partial charge in [-0.2, -0.15) is 0 Å². The minimum absolute atomic E-state index is 0.295. The number of hydrogen-bond donors (Lipinski definition) is 1. The maximum absolute atomic E-state index is 10.2. The molecule has 15 heavy (non-hydrogen) atoms. The molecule has 0 saturated heterocycles. The Morgan fingerprint density at radius 2 is 1.80 bits per heavy atom. The molecule has 82 valence electrons. The van der Waals surface area contributed by atoms with Gasteiger partial charge in [0.15, 0.2) is 0 Å². The zero-order valence-corrected chi connectivity index (χ0v) is 11.6. The molecule has 0 aromatic heterocycles. The van der Waals surface area contributed by atoms with E-state index in [0.29, 0.717) is 5.92 Å². The molecule has 3 heteroatoms. The number of hydrogen-bond acceptors (Lipinski definition) is 1. The standard InChI is InChI=1S/C12H14Br2O/c13-10-6-5-9(7-11(10)14)12(15)8-3-1-2-4-8/h5-8,12,15H,1-4H2. The van der Waals surface area contributed by atoms with Crippen molar-refractivity contribution in [3.05, 3.63) is 32.7 Å². The first-order valence-corrected chi connectivity index (χ1v) is 6.90. The number of benzene rings is 1. The van der Waals surface area contributed by atoms with Crippen LogP contribution in [0.3, 0.4) is 0 Å². The third kappa shape index (κ3) is 2.63. The van der Waals surface area contributed by atoms with Crippen LogP contribution in [0.4, 0.5) is 0 Å². The van der Waals surface area contributed by atoms with Crippen molar-refractivity contribution in [2.75, 3.05) is 0 Å². The van der Waals surface area contributed by atoms with Crippen LogP contribution in [0.5, 0.6) is 0 Å². The van der Waals surface area contributed by atoms with Crippen LogP contribution in [-0.4, -0.2) is 5.11 Å². The van der Waals surface area contributed by atoms with E-state index in [0.717, 1.165) is 27.4 Å². The molecule has 1 fully saturated rings. The summed E-state index contributed by atoms with van der Waals surface area (Å²) in [7, 11) is 0. The summed E-state index contributed by atoms with van der Waals surface area (Å²) in [5.41, 5.74) is 1.02. The minimum atomic E-state index is -0.295. The molecule has 1 aromatic carbocycles. The molecule has 0 amide bonds. The van der Waals surface area contributed by atoms with Gasteiger partial charge in [-0.1, -0.05) is 18.9 Å². The molecular formula is C12H14Br2O. The van der Waals surface area contributed by atoms with Gasteiger partial charge in [0.1, 0.15) is 0 Å². The van der Waals surface area contributed by atoms with E-state index < -0.39 is 0 Å². The van der Waals surface area contributed by atoms with E-state index in [9.17, 15) is 5.11 Å². The van der Waals surface area contributed by atoms with Gasteiger partial charge in [-0.25, -0.2) is 0 Å². The Balaban J connectivity index is 2.17. The molecule has 0 aliphatic heterocycles. The van der Waals surface area contributed by atoms with Crippen LogP contribution >= 0.6 is 31.9 Å². The molecule has 1 nitrogen and oxygen atoms in total. The van der Waals surface area contributed by atoms with Crippen molar-refractivity contribution in [1.82, 2.24) is 0 Å². The van der Waals surface area contributed by atoms with Crippen LogP contribution < -0.4 is 0 Å². The first-order chi connectivity index (χ1) is 7.18. The van der Waals surface area contributed by atoms with Crippen molar-refractivity contribution >= 4 is 31.9 Å². The highest BCUT2D eigenvalue weighted by Crippen LogP contribution is 2.37. The summed E-state index contributed by atoms with van der Waals surface area (Å²) in [5, 5.41) is 10.2. The second-order valence-corrected chi connectivity index (χ2v) is 5.87. The van der Waals surface area contributed by atoms with Crippen molar-refractivity contribution in [1.29, 1.82) is 0 Å². The Morgan fingerprint density at radius 3 is 2.40 bits per heavy atom. The Hall–Kier alpha value is 0.140. The number of aliphatic hydroxyl groups is 1. The van der Waals surface area contributed by atoms with Crippen LogP contribution in [0, 0.1) is 5.92 Å². The third-order valence-electron chi connectivity index (χ3n) is 3.13. The molecule has 1 saturated carbocycles. The van der Waals surface area contributed by atoms with Crippen LogP contribution in [-0.2, 0) is 0 Å². The minimum Gasteiger partial charge on any atom is -0.388 e. The quantitative estimate of drug-likeness (QED) is 0.848. The predicted molar refractivity (Wildman–Crippen MR) is 68.8 cm³/mol. The first kappa shape index (κ1) is 11.6. The van der Waals surface area contributed by atoms with Gasteiger partial charge in [-0.05, 0) is 68.3 Å². The van der Waals surface area contributed by atoms with Gasteiger partial charge in [0.25, 0.3) is 0 Å². The fraction of sp³-hybridized carbons (Fsp3) is 0.500. The lowest BCUT2D eigenvalue weighted by molar-refractivity contribution is 0.111. The molecule has 1 aliphatic rings. The summed E-state index contributed by atoms with van der Waals surface area (Å²) in [4.78, 5) is 0. The van der Waals surface area contributed by atoms with Crippen molar-refractivity contribution in [2.45, 2.75) is 31.8 Å². The third-order valence-corrected chi connectivity index (χ3v) is 5.01. The summed E-state index contributed by atoms with van der Waals surface area (Å²) >= 11 is 6.90. The molecule has 0 heterocycles. The Labute approximate surface area is 107 Å². The van der Waals surface area contributed by atoms with Crippen LogP contribution in [0.1, 0.15) is 37.4 Å². The lowest BCUT2D eigenvalue weighted by atomic mass is 9.95. The number of rotatable bonds is 2. The van der Waals surface area contributed by atoms with E-state index in [1.54, 1.807) is 0 Å². The zero-order chi connectivity index (χ0) is 10.8. The first-order valence-electron chi connectivity index (χ1n) is 5.31. The van der Waals surface area contributed by atoms with Gasteiger partial charge in [-0.3, -0.25) is 0 Å². The smallest absolute Gasteiger partial charge is 0.0818 e. The topological polar surface area (TPSA) is 20.2 Å². The molecule has 1 unspecified atom stereocenters. The van der Waals surface area contributed by atoms with E-state index in [4.69, 9.17) is 0 Å². The SMILES string of the molecule is OC(c1ccc(Br)c(Br)c1)C1CCCC1. The lowest BCUT2D eigenvalue weighted by Gasteiger charge is -2.18. The normalized spacial score (nSPS) is 19.4. The number of aliphatic hydroxyl groups excluding tert-OH is 1. The van der Waals surface area contributed by atoms with Crippen molar-refractivity contribution < 1.29 is 5.11 Å².